The predicted molar refractivity (Wildman–Crippen MR) is 75.3 cm³/mol. The highest BCUT2D eigenvalue weighted by atomic mass is 19.1. The van der Waals surface area contributed by atoms with E-state index in [2.05, 4.69) is 10.3 Å². The van der Waals surface area contributed by atoms with E-state index >= 15 is 0 Å². The van der Waals surface area contributed by atoms with Gasteiger partial charge in [-0.2, -0.15) is 0 Å². The number of aryl methyl sites for hydroxylation is 1. The molecule has 19 heavy (non-hydrogen) atoms. The summed E-state index contributed by atoms with van der Waals surface area (Å²) >= 11 is 0. The zero-order valence-electron chi connectivity index (χ0n) is 11.2. The van der Waals surface area contributed by atoms with Crippen LogP contribution >= 0.6 is 0 Å². The zero-order valence-corrected chi connectivity index (χ0v) is 11.2. The summed E-state index contributed by atoms with van der Waals surface area (Å²) < 4.78 is 14.0. The number of nitrogens with one attached hydrogen (secondary N) is 1. The summed E-state index contributed by atoms with van der Waals surface area (Å²) in [5.74, 6) is 0.199. The van der Waals surface area contributed by atoms with E-state index in [1.54, 1.807) is 18.3 Å². The first-order valence-electron chi connectivity index (χ1n) is 6.34. The molecule has 1 unspecified atom stereocenters. The lowest BCUT2D eigenvalue weighted by Crippen LogP contribution is -2.25. The monoisotopic (exact) mass is 259 g/mol. The number of benzene rings is 1. The van der Waals surface area contributed by atoms with Crippen molar-refractivity contribution in [1.29, 1.82) is 0 Å². The lowest BCUT2D eigenvalue weighted by Gasteiger charge is -2.22. The molecule has 0 radical (unpaired) electrons. The molecule has 0 saturated heterocycles. The van der Waals surface area contributed by atoms with Crippen LogP contribution in [-0.4, -0.2) is 11.5 Å². The van der Waals surface area contributed by atoms with Crippen LogP contribution in [0.3, 0.4) is 0 Å². The maximum absolute atomic E-state index is 14.0. The molecule has 1 heterocycles. The standard InChI is InChI=1S/C15H18FN3/c1-3-18-14(11-6-4-5-7-12(11)16)13-10(2)8-9-19-15(13)17/h4-9,14,18H,3H2,1-2H3,(H2,17,19). The minimum absolute atomic E-state index is 0.240. The molecule has 0 aliphatic rings. The lowest BCUT2D eigenvalue weighted by molar-refractivity contribution is 0.558. The first-order chi connectivity index (χ1) is 9.15. The fourth-order valence-corrected chi connectivity index (χ4v) is 2.25. The molecule has 4 heteroatoms. The van der Waals surface area contributed by atoms with Gasteiger partial charge in [0.05, 0.1) is 6.04 Å². The highest BCUT2D eigenvalue weighted by Crippen LogP contribution is 2.29. The van der Waals surface area contributed by atoms with E-state index in [1.165, 1.54) is 6.07 Å². The number of hydrogen-bond acceptors (Lipinski definition) is 3. The van der Waals surface area contributed by atoms with Gasteiger partial charge in [0.2, 0.25) is 0 Å². The van der Waals surface area contributed by atoms with Crippen molar-refractivity contribution in [2.24, 2.45) is 0 Å². The highest BCUT2D eigenvalue weighted by molar-refractivity contribution is 5.50. The van der Waals surface area contributed by atoms with E-state index in [0.29, 0.717) is 17.9 Å². The zero-order chi connectivity index (χ0) is 13.8. The number of anilines is 1. The second-order valence-electron chi connectivity index (χ2n) is 4.44. The molecule has 0 spiro atoms. The predicted octanol–water partition coefficient (Wildman–Crippen LogP) is 2.81. The molecule has 0 saturated carbocycles. The summed E-state index contributed by atoms with van der Waals surface area (Å²) in [4.78, 5) is 4.11. The molecule has 0 amide bonds. The molecule has 2 aromatic rings. The summed E-state index contributed by atoms with van der Waals surface area (Å²) in [5.41, 5.74) is 8.40. The second kappa shape index (κ2) is 5.80. The largest absolute Gasteiger partial charge is 0.383 e. The number of aromatic nitrogens is 1. The first-order valence-corrected chi connectivity index (χ1v) is 6.34. The fourth-order valence-electron chi connectivity index (χ4n) is 2.25. The third kappa shape index (κ3) is 2.74. The summed E-state index contributed by atoms with van der Waals surface area (Å²) in [6.07, 6.45) is 1.67. The van der Waals surface area contributed by atoms with Crippen LogP contribution in [0.5, 0.6) is 0 Å². The van der Waals surface area contributed by atoms with Gasteiger partial charge in [-0.25, -0.2) is 9.37 Å². The summed E-state index contributed by atoms with van der Waals surface area (Å²) in [5, 5.41) is 3.28. The van der Waals surface area contributed by atoms with Crippen molar-refractivity contribution >= 4 is 5.82 Å². The average Bonchev–Trinajstić information content (AvgIpc) is 2.38. The topological polar surface area (TPSA) is 50.9 Å². The Labute approximate surface area is 112 Å². The number of rotatable bonds is 4. The van der Waals surface area contributed by atoms with Gasteiger partial charge in [-0.3, -0.25) is 0 Å². The number of nitrogen functional groups attached to an aromatic ring is 1. The van der Waals surface area contributed by atoms with Crippen molar-refractivity contribution in [3.05, 3.63) is 59.0 Å². The van der Waals surface area contributed by atoms with Gasteiger partial charge < -0.3 is 11.1 Å². The van der Waals surface area contributed by atoms with E-state index < -0.39 is 0 Å². The fraction of sp³-hybridized carbons (Fsp3) is 0.267. The van der Waals surface area contributed by atoms with Crippen LogP contribution in [-0.2, 0) is 0 Å². The maximum Gasteiger partial charge on any atom is 0.128 e. The van der Waals surface area contributed by atoms with Crippen LogP contribution in [0.15, 0.2) is 36.5 Å². The normalized spacial score (nSPS) is 12.4. The molecule has 0 fully saturated rings. The Balaban J connectivity index is 2.55. The third-order valence-corrected chi connectivity index (χ3v) is 3.15. The molecule has 3 nitrogen and oxygen atoms in total. The van der Waals surface area contributed by atoms with Crippen molar-refractivity contribution in [2.75, 3.05) is 12.3 Å². The van der Waals surface area contributed by atoms with Crippen LogP contribution in [0.25, 0.3) is 0 Å². The number of nitrogens with zero attached hydrogens (tertiary/aromatic N) is 1. The van der Waals surface area contributed by atoms with Crippen LogP contribution < -0.4 is 11.1 Å². The Morgan fingerprint density at radius 3 is 2.68 bits per heavy atom. The van der Waals surface area contributed by atoms with Gasteiger partial charge in [-0.1, -0.05) is 25.1 Å². The van der Waals surface area contributed by atoms with Gasteiger partial charge in [0.25, 0.3) is 0 Å². The van der Waals surface area contributed by atoms with Crippen molar-refractivity contribution in [3.8, 4) is 0 Å². The highest BCUT2D eigenvalue weighted by Gasteiger charge is 2.21. The Morgan fingerprint density at radius 1 is 1.32 bits per heavy atom. The summed E-state index contributed by atoms with van der Waals surface area (Å²) in [7, 11) is 0. The Bertz CT molecular complexity index is 549. The number of pyridine rings is 1. The number of nitrogens with two attached hydrogens (primary N) is 1. The Kier molecular flexibility index (Phi) is 4.12. The first kappa shape index (κ1) is 13.5. The molecule has 0 aliphatic heterocycles. The molecule has 100 valence electrons. The molecule has 1 atom stereocenters. The number of halogens is 1. The maximum atomic E-state index is 14.0. The molecule has 3 N–H and O–H groups in total. The van der Waals surface area contributed by atoms with Gasteiger partial charge in [0.1, 0.15) is 11.6 Å². The SMILES string of the molecule is CCNC(c1ccccc1F)c1c(C)ccnc1N. The van der Waals surface area contributed by atoms with E-state index in [0.717, 1.165) is 11.1 Å². The molecule has 2 rings (SSSR count). The molecule has 0 aliphatic carbocycles. The molecule has 1 aromatic carbocycles. The molecular formula is C15H18FN3. The smallest absolute Gasteiger partial charge is 0.128 e. The molecule has 1 aromatic heterocycles. The van der Waals surface area contributed by atoms with E-state index in [9.17, 15) is 4.39 Å². The summed E-state index contributed by atoms with van der Waals surface area (Å²) in [6, 6.07) is 8.35. The Hall–Kier alpha value is -1.94. The van der Waals surface area contributed by atoms with Crippen LogP contribution in [0.2, 0.25) is 0 Å². The van der Waals surface area contributed by atoms with Gasteiger partial charge in [0, 0.05) is 17.3 Å². The van der Waals surface area contributed by atoms with Crippen molar-refractivity contribution in [2.45, 2.75) is 19.9 Å². The van der Waals surface area contributed by atoms with Crippen LogP contribution in [0, 0.1) is 12.7 Å². The van der Waals surface area contributed by atoms with E-state index in [1.807, 2.05) is 26.0 Å². The third-order valence-electron chi connectivity index (χ3n) is 3.15. The van der Waals surface area contributed by atoms with E-state index in [4.69, 9.17) is 5.73 Å². The number of hydrogen-bond donors (Lipinski definition) is 2. The second-order valence-corrected chi connectivity index (χ2v) is 4.44. The lowest BCUT2D eigenvalue weighted by atomic mass is 9.95. The minimum Gasteiger partial charge on any atom is -0.383 e. The van der Waals surface area contributed by atoms with Gasteiger partial charge in [-0.05, 0) is 31.2 Å². The van der Waals surface area contributed by atoms with Crippen molar-refractivity contribution in [3.63, 3.8) is 0 Å². The van der Waals surface area contributed by atoms with Gasteiger partial charge >= 0.3 is 0 Å². The Morgan fingerprint density at radius 2 is 2.05 bits per heavy atom. The average molecular weight is 259 g/mol. The molecular weight excluding hydrogens is 241 g/mol. The van der Waals surface area contributed by atoms with Gasteiger partial charge in [-0.15, -0.1) is 0 Å². The van der Waals surface area contributed by atoms with Gasteiger partial charge in [0.15, 0.2) is 0 Å². The minimum atomic E-state index is -0.278. The van der Waals surface area contributed by atoms with Crippen LogP contribution in [0.4, 0.5) is 10.2 Å². The van der Waals surface area contributed by atoms with Crippen molar-refractivity contribution in [1.82, 2.24) is 10.3 Å². The van der Waals surface area contributed by atoms with Crippen LogP contribution in [0.1, 0.15) is 29.7 Å². The quantitative estimate of drug-likeness (QED) is 0.887. The molecule has 0 bridgehead atoms. The summed E-state index contributed by atoms with van der Waals surface area (Å²) in [6.45, 7) is 4.65. The van der Waals surface area contributed by atoms with Crippen molar-refractivity contribution < 1.29 is 4.39 Å². The van der Waals surface area contributed by atoms with E-state index in [-0.39, 0.29) is 11.9 Å².